The van der Waals surface area contributed by atoms with E-state index in [2.05, 4.69) is 9.88 Å². The van der Waals surface area contributed by atoms with E-state index in [0.29, 0.717) is 11.6 Å². The number of rotatable bonds is 2. The number of amides is 1. The SMILES string of the molecule is O=C(c1csc(C2CCCCC2)n1)N1CCC12CCC2. The van der Waals surface area contributed by atoms with Gasteiger partial charge in [0.15, 0.2) is 0 Å². The van der Waals surface area contributed by atoms with Gasteiger partial charge in [0.25, 0.3) is 5.91 Å². The smallest absolute Gasteiger partial charge is 0.273 e. The van der Waals surface area contributed by atoms with Crippen LogP contribution in [0.3, 0.4) is 0 Å². The maximum absolute atomic E-state index is 12.6. The molecule has 108 valence electrons. The fourth-order valence-corrected chi connectivity index (χ4v) is 4.99. The zero-order valence-electron chi connectivity index (χ0n) is 11.9. The highest BCUT2D eigenvalue weighted by Crippen LogP contribution is 2.47. The van der Waals surface area contributed by atoms with Gasteiger partial charge in [-0.25, -0.2) is 4.98 Å². The number of nitrogens with zero attached hydrogens (tertiary/aromatic N) is 2. The molecule has 1 spiro atoms. The molecule has 1 aliphatic heterocycles. The first-order valence-corrected chi connectivity index (χ1v) is 8.94. The molecular weight excluding hydrogens is 268 g/mol. The summed E-state index contributed by atoms with van der Waals surface area (Å²) in [7, 11) is 0. The second-order valence-corrected chi connectivity index (χ2v) is 7.58. The molecule has 0 N–H and O–H groups in total. The van der Waals surface area contributed by atoms with Gasteiger partial charge in [-0.15, -0.1) is 11.3 Å². The quantitative estimate of drug-likeness (QED) is 0.826. The van der Waals surface area contributed by atoms with E-state index in [1.165, 1.54) is 62.8 Å². The highest BCUT2D eigenvalue weighted by molar-refractivity contribution is 7.09. The molecule has 4 heteroatoms. The molecule has 0 unspecified atom stereocenters. The molecule has 0 atom stereocenters. The Labute approximate surface area is 124 Å². The molecule has 2 heterocycles. The summed E-state index contributed by atoms with van der Waals surface area (Å²) in [6, 6.07) is 0. The van der Waals surface area contributed by atoms with Crippen molar-refractivity contribution in [3.05, 3.63) is 16.1 Å². The van der Waals surface area contributed by atoms with E-state index < -0.39 is 0 Å². The summed E-state index contributed by atoms with van der Waals surface area (Å²) < 4.78 is 0. The highest BCUT2D eigenvalue weighted by Gasteiger charge is 2.51. The molecular formula is C16H22N2OS. The van der Waals surface area contributed by atoms with Crippen molar-refractivity contribution in [1.82, 2.24) is 9.88 Å². The van der Waals surface area contributed by atoms with Crippen LogP contribution in [0.1, 0.15) is 79.2 Å². The van der Waals surface area contributed by atoms with Gasteiger partial charge in [0.2, 0.25) is 0 Å². The first-order valence-electron chi connectivity index (χ1n) is 8.06. The molecule has 0 radical (unpaired) electrons. The third-order valence-corrected chi connectivity index (χ3v) is 6.61. The van der Waals surface area contributed by atoms with Crippen molar-refractivity contribution in [3.8, 4) is 0 Å². The topological polar surface area (TPSA) is 33.2 Å². The van der Waals surface area contributed by atoms with E-state index in [4.69, 9.17) is 0 Å². The molecule has 0 aromatic carbocycles. The number of aromatic nitrogens is 1. The maximum Gasteiger partial charge on any atom is 0.273 e. The summed E-state index contributed by atoms with van der Waals surface area (Å²) in [6.45, 7) is 0.940. The second-order valence-electron chi connectivity index (χ2n) is 6.69. The Balaban J connectivity index is 1.48. The van der Waals surface area contributed by atoms with E-state index in [1.54, 1.807) is 11.3 Å². The number of carbonyl (C=O) groups excluding carboxylic acids is 1. The number of carbonyl (C=O) groups is 1. The van der Waals surface area contributed by atoms with Crippen LogP contribution in [-0.4, -0.2) is 27.9 Å². The summed E-state index contributed by atoms with van der Waals surface area (Å²) in [4.78, 5) is 19.4. The molecule has 0 bridgehead atoms. The van der Waals surface area contributed by atoms with E-state index in [0.717, 1.165) is 6.54 Å². The molecule has 3 fully saturated rings. The van der Waals surface area contributed by atoms with Crippen LogP contribution in [0.5, 0.6) is 0 Å². The van der Waals surface area contributed by atoms with Crippen LogP contribution in [0.4, 0.5) is 0 Å². The van der Waals surface area contributed by atoms with Gasteiger partial charge in [-0.2, -0.15) is 0 Å². The minimum atomic E-state index is 0.189. The Kier molecular flexibility index (Phi) is 3.09. The first-order chi connectivity index (χ1) is 9.78. The van der Waals surface area contributed by atoms with Gasteiger partial charge in [0.1, 0.15) is 5.69 Å². The van der Waals surface area contributed by atoms with Gasteiger partial charge in [-0.05, 0) is 38.5 Å². The lowest BCUT2D eigenvalue weighted by Crippen LogP contribution is -2.65. The third-order valence-electron chi connectivity index (χ3n) is 5.60. The monoisotopic (exact) mass is 290 g/mol. The lowest BCUT2D eigenvalue weighted by molar-refractivity contribution is -0.0490. The molecule has 20 heavy (non-hydrogen) atoms. The fourth-order valence-electron chi connectivity index (χ4n) is 4.02. The van der Waals surface area contributed by atoms with Crippen LogP contribution in [-0.2, 0) is 0 Å². The van der Waals surface area contributed by atoms with Crippen molar-refractivity contribution in [1.29, 1.82) is 0 Å². The van der Waals surface area contributed by atoms with E-state index in [-0.39, 0.29) is 11.4 Å². The van der Waals surface area contributed by atoms with Crippen molar-refractivity contribution < 1.29 is 4.79 Å². The average Bonchev–Trinajstić information content (AvgIpc) is 2.86. The normalized spacial score (nSPS) is 25.3. The van der Waals surface area contributed by atoms with Gasteiger partial charge >= 0.3 is 0 Å². The molecule has 2 saturated carbocycles. The van der Waals surface area contributed by atoms with Crippen molar-refractivity contribution in [2.75, 3.05) is 6.54 Å². The third kappa shape index (κ3) is 1.92. The molecule has 1 aromatic rings. The van der Waals surface area contributed by atoms with Gasteiger partial charge in [-0.3, -0.25) is 4.79 Å². The van der Waals surface area contributed by atoms with Crippen LogP contribution < -0.4 is 0 Å². The summed E-state index contributed by atoms with van der Waals surface area (Å²) in [5, 5.41) is 3.20. The highest BCUT2D eigenvalue weighted by atomic mass is 32.1. The molecule has 1 amide bonds. The van der Waals surface area contributed by atoms with Crippen LogP contribution in [0.25, 0.3) is 0 Å². The summed E-state index contributed by atoms with van der Waals surface area (Å²) in [5.74, 6) is 0.804. The molecule has 1 saturated heterocycles. The van der Waals surface area contributed by atoms with Crippen molar-refractivity contribution >= 4 is 17.2 Å². The zero-order valence-corrected chi connectivity index (χ0v) is 12.8. The van der Waals surface area contributed by atoms with Gasteiger partial charge < -0.3 is 4.90 Å². The first kappa shape index (κ1) is 12.8. The van der Waals surface area contributed by atoms with Gasteiger partial charge in [0, 0.05) is 23.4 Å². The Morgan fingerprint density at radius 3 is 2.60 bits per heavy atom. The van der Waals surface area contributed by atoms with Crippen LogP contribution in [0.2, 0.25) is 0 Å². The number of likely N-dealkylation sites (tertiary alicyclic amines) is 1. The standard InChI is InChI=1S/C16H22N2OS/c19-15(18-10-9-16(18)7-4-8-16)13-11-20-14(17-13)12-5-2-1-3-6-12/h11-12H,1-10H2. The number of thiazole rings is 1. The van der Waals surface area contributed by atoms with Crippen LogP contribution >= 0.6 is 11.3 Å². The summed E-state index contributed by atoms with van der Waals surface area (Å²) in [6.07, 6.45) is 11.4. The Hall–Kier alpha value is -0.900. The van der Waals surface area contributed by atoms with Crippen LogP contribution in [0.15, 0.2) is 5.38 Å². The lowest BCUT2D eigenvalue weighted by atomic mass is 9.68. The van der Waals surface area contributed by atoms with E-state index >= 15 is 0 Å². The lowest BCUT2D eigenvalue weighted by Gasteiger charge is -2.58. The summed E-state index contributed by atoms with van der Waals surface area (Å²) in [5.41, 5.74) is 0.952. The van der Waals surface area contributed by atoms with E-state index in [1.807, 2.05) is 5.38 Å². The minimum absolute atomic E-state index is 0.189. The Morgan fingerprint density at radius 1 is 1.20 bits per heavy atom. The van der Waals surface area contributed by atoms with Crippen molar-refractivity contribution in [2.45, 2.75) is 69.2 Å². The van der Waals surface area contributed by atoms with Crippen LogP contribution in [0, 0.1) is 0 Å². The molecule has 3 aliphatic rings. The number of hydrogen-bond donors (Lipinski definition) is 0. The summed E-state index contributed by atoms with van der Waals surface area (Å²) >= 11 is 1.70. The van der Waals surface area contributed by atoms with Gasteiger partial charge in [0.05, 0.1) is 5.01 Å². The Bertz CT molecular complexity index is 509. The Morgan fingerprint density at radius 2 is 2.00 bits per heavy atom. The predicted octanol–water partition coefficient (Wildman–Crippen LogP) is 3.96. The molecule has 2 aliphatic carbocycles. The maximum atomic E-state index is 12.6. The average molecular weight is 290 g/mol. The fraction of sp³-hybridized carbons (Fsp3) is 0.750. The molecule has 4 rings (SSSR count). The predicted molar refractivity (Wildman–Crippen MR) is 80.2 cm³/mol. The van der Waals surface area contributed by atoms with Gasteiger partial charge in [-0.1, -0.05) is 19.3 Å². The zero-order chi connectivity index (χ0) is 13.6. The number of hydrogen-bond acceptors (Lipinski definition) is 3. The minimum Gasteiger partial charge on any atom is -0.331 e. The van der Waals surface area contributed by atoms with Crippen molar-refractivity contribution in [3.63, 3.8) is 0 Å². The van der Waals surface area contributed by atoms with Crippen molar-refractivity contribution in [2.24, 2.45) is 0 Å². The molecule has 1 aromatic heterocycles. The molecule has 3 nitrogen and oxygen atoms in total. The van der Waals surface area contributed by atoms with E-state index in [9.17, 15) is 4.79 Å². The largest absolute Gasteiger partial charge is 0.331 e. The second kappa shape index (κ2) is 4.83.